The van der Waals surface area contributed by atoms with Gasteiger partial charge in [0, 0.05) is 18.5 Å². The van der Waals surface area contributed by atoms with Crippen molar-refractivity contribution >= 4 is 11.9 Å². The maximum absolute atomic E-state index is 12.4. The number of nitrogens with zero attached hydrogens (tertiary/aromatic N) is 1. The van der Waals surface area contributed by atoms with Crippen LogP contribution in [0.3, 0.4) is 0 Å². The van der Waals surface area contributed by atoms with Crippen molar-refractivity contribution in [1.29, 1.82) is 0 Å². The molecule has 0 bridgehead atoms. The van der Waals surface area contributed by atoms with Crippen LogP contribution in [0.1, 0.15) is 39.5 Å². The van der Waals surface area contributed by atoms with Crippen molar-refractivity contribution < 1.29 is 14.7 Å². The van der Waals surface area contributed by atoms with Crippen molar-refractivity contribution in [2.75, 3.05) is 13.1 Å². The molecule has 0 radical (unpaired) electrons. The summed E-state index contributed by atoms with van der Waals surface area (Å²) in [6, 6.07) is 0. The standard InChI is InChI=1S/C13H21NO3/c1-9-7-14(8-10(9)11(15)16)12(17)13(2)5-3-4-6-13/h9-10H,3-8H2,1-2H3,(H,15,16)/t9-,10-/m1/s1. The van der Waals surface area contributed by atoms with Gasteiger partial charge in [-0.3, -0.25) is 9.59 Å². The minimum atomic E-state index is -0.774. The normalized spacial score (nSPS) is 31.8. The smallest absolute Gasteiger partial charge is 0.308 e. The molecule has 1 aliphatic carbocycles. The van der Waals surface area contributed by atoms with E-state index in [0.717, 1.165) is 25.7 Å². The van der Waals surface area contributed by atoms with Crippen LogP contribution in [-0.4, -0.2) is 35.0 Å². The van der Waals surface area contributed by atoms with Crippen LogP contribution in [0.5, 0.6) is 0 Å². The molecule has 1 heterocycles. The summed E-state index contributed by atoms with van der Waals surface area (Å²) in [5, 5.41) is 9.07. The molecule has 2 atom stereocenters. The van der Waals surface area contributed by atoms with Crippen molar-refractivity contribution in [1.82, 2.24) is 4.90 Å². The Bertz CT molecular complexity index is 334. The van der Waals surface area contributed by atoms with Gasteiger partial charge in [0.2, 0.25) is 5.91 Å². The lowest BCUT2D eigenvalue weighted by atomic mass is 9.87. The van der Waals surface area contributed by atoms with Crippen molar-refractivity contribution in [3.63, 3.8) is 0 Å². The number of carbonyl (C=O) groups is 2. The molecule has 1 aliphatic heterocycles. The number of aliphatic carboxylic acids is 1. The Kier molecular flexibility index (Phi) is 3.15. The van der Waals surface area contributed by atoms with Gasteiger partial charge >= 0.3 is 5.97 Å². The van der Waals surface area contributed by atoms with Crippen LogP contribution in [0.25, 0.3) is 0 Å². The highest BCUT2D eigenvalue weighted by atomic mass is 16.4. The molecule has 96 valence electrons. The number of carboxylic acids is 1. The second-order valence-electron chi connectivity index (χ2n) is 5.90. The van der Waals surface area contributed by atoms with Gasteiger partial charge in [-0.1, -0.05) is 26.7 Å². The lowest BCUT2D eigenvalue weighted by Gasteiger charge is -2.28. The SMILES string of the molecule is C[C@@H]1CN(C(=O)C2(C)CCCC2)C[C@H]1C(=O)O. The zero-order valence-electron chi connectivity index (χ0n) is 10.6. The largest absolute Gasteiger partial charge is 0.481 e. The zero-order chi connectivity index (χ0) is 12.6. The lowest BCUT2D eigenvalue weighted by molar-refractivity contribution is -0.143. The van der Waals surface area contributed by atoms with Crippen molar-refractivity contribution in [2.24, 2.45) is 17.3 Å². The average Bonchev–Trinajstić information content (AvgIpc) is 2.84. The van der Waals surface area contributed by atoms with E-state index in [9.17, 15) is 9.59 Å². The van der Waals surface area contributed by atoms with Gasteiger partial charge in [-0.25, -0.2) is 0 Å². The molecule has 0 aromatic rings. The third-order valence-electron chi connectivity index (χ3n) is 4.44. The molecule has 4 nitrogen and oxygen atoms in total. The summed E-state index contributed by atoms with van der Waals surface area (Å²) in [6.45, 7) is 4.94. The quantitative estimate of drug-likeness (QED) is 0.798. The molecule has 4 heteroatoms. The molecule has 1 amide bonds. The van der Waals surface area contributed by atoms with E-state index in [1.807, 2.05) is 13.8 Å². The summed E-state index contributed by atoms with van der Waals surface area (Å²) in [5.74, 6) is -0.916. The van der Waals surface area contributed by atoms with E-state index in [4.69, 9.17) is 5.11 Å². The fourth-order valence-electron chi connectivity index (χ4n) is 3.21. The van der Waals surface area contributed by atoms with Crippen molar-refractivity contribution in [3.8, 4) is 0 Å². The molecule has 1 N–H and O–H groups in total. The molecule has 2 rings (SSSR count). The fourth-order valence-corrected chi connectivity index (χ4v) is 3.21. The third-order valence-corrected chi connectivity index (χ3v) is 4.44. The topological polar surface area (TPSA) is 57.6 Å². The molecule has 17 heavy (non-hydrogen) atoms. The second kappa shape index (κ2) is 4.31. The van der Waals surface area contributed by atoms with Gasteiger partial charge in [0.05, 0.1) is 5.92 Å². The van der Waals surface area contributed by atoms with Gasteiger partial charge in [0.1, 0.15) is 0 Å². The predicted molar refractivity (Wildman–Crippen MR) is 63.4 cm³/mol. The van der Waals surface area contributed by atoms with Crippen molar-refractivity contribution in [2.45, 2.75) is 39.5 Å². The van der Waals surface area contributed by atoms with Crippen LogP contribution in [0.4, 0.5) is 0 Å². The summed E-state index contributed by atoms with van der Waals surface area (Å²) in [5.41, 5.74) is -0.229. The number of hydrogen-bond acceptors (Lipinski definition) is 2. The van der Waals surface area contributed by atoms with E-state index in [2.05, 4.69) is 0 Å². The monoisotopic (exact) mass is 239 g/mol. The molecular formula is C13H21NO3. The number of amides is 1. The number of carbonyl (C=O) groups excluding carboxylic acids is 1. The molecule has 0 spiro atoms. The first-order chi connectivity index (χ1) is 7.94. The third kappa shape index (κ3) is 2.17. The maximum Gasteiger partial charge on any atom is 0.308 e. The summed E-state index contributed by atoms with van der Waals surface area (Å²) in [7, 11) is 0. The number of likely N-dealkylation sites (tertiary alicyclic amines) is 1. The molecular weight excluding hydrogens is 218 g/mol. The van der Waals surface area contributed by atoms with Crippen LogP contribution in [-0.2, 0) is 9.59 Å². The Morgan fingerprint density at radius 2 is 1.82 bits per heavy atom. The van der Waals surface area contributed by atoms with E-state index in [0.29, 0.717) is 13.1 Å². The van der Waals surface area contributed by atoms with Gasteiger partial charge in [-0.15, -0.1) is 0 Å². The lowest BCUT2D eigenvalue weighted by Crippen LogP contribution is -2.40. The number of hydrogen-bond donors (Lipinski definition) is 1. The van der Waals surface area contributed by atoms with Crippen LogP contribution >= 0.6 is 0 Å². The molecule has 0 aromatic carbocycles. The summed E-state index contributed by atoms with van der Waals surface area (Å²) < 4.78 is 0. The van der Waals surface area contributed by atoms with Crippen LogP contribution in [0.15, 0.2) is 0 Å². The number of rotatable bonds is 2. The zero-order valence-corrected chi connectivity index (χ0v) is 10.6. The summed E-state index contributed by atoms with van der Waals surface area (Å²) in [4.78, 5) is 25.2. The maximum atomic E-state index is 12.4. The highest BCUT2D eigenvalue weighted by Gasteiger charge is 2.44. The number of carboxylic acid groups (broad SMARTS) is 1. The van der Waals surface area contributed by atoms with E-state index in [1.165, 1.54) is 0 Å². The van der Waals surface area contributed by atoms with Gasteiger partial charge in [0.15, 0.2) is 0 Å². The van der Waals surface area contributed by atoms with Crippen LogP contribution < -0.4 is 0 Å². The average molecular weight is 239 g/mol. The Hall–Kier alpha value is -1.06. The molecule has 2 fully saturated rings. The van der Waals surface area contributed by atoms with Crippen LogP contribution in [0.2, 0.25) is 0 Å². The van der Waals surface area contributed by atoms with E-state index < -0.39 is 5.97 Å². The fraction of sp³-hybridized carbons (Fsp3) is 0.846. The molecule has 2 aliphatic rings. The first-order valence-corrected chi connectivity index (χ1v) is 6.46. The van der Waals surface area contributed by atoms with Gasteiger partial charge < -0.3 is 10.0 Å². The predicted octanol–water partition coefficient (Wildman–Crippen LogP) is 1.75. The molecule has 0 aromatic heterocycles. The minimum absolute atomic E-state index is 0.0708. The summed E-state index contributed by atoms with van der Waals surface area (Å²) in [6.07, 6.45) is 4.14. The highest BCUT2D eigenvalue weighted by Crippen LogP contribution is 2.40. The van der Waals surface area contributed by atoms with Gasteiger partial charge in [-0.05, 0) is 18.8 Å². The van der Waals surface area contributed by atoms with Crippen molar-refractivity contribution in [3.05, 3.63) is 0 Å². The van der Waals surface area contributed by atoms with E-state index >= 15 is 0 Å². The molecule has 1 saturated carbocycles. The first kappa shape index (κ1) is 12.4. The Morgan fingerprint density at radius 1 is 1.24 bits per heavy atom. The second-order valence-corrected chi connectivity index (χ2v) is 5.90. The first-order valence-electron chi connectivity index (χ1n) is 6.46. The van der Waals surface area contributed by atoms with Gasteiger partial charge in [0.25, 0.3) is 0 Å². The Morgan fingerprint density at radius 3 is 2.29 bits per heavy atom. The van der Waals surface area contributed by atoms with Crippen LogP contribution in [0, 0.1) is 17.3 Å². The van der Waals surface area contributed by atoms with E-state index in [-0.39, 0.29) is 23.2 Å². The highest BCUT2D eigenvalue weighted by molar-refractivity contribution is 5.84. The molecule has 1 saturated heterocycles. The molecule has 0 unspecified atom stereocenters. The van der Waals surface area contributed by atoms with Gasteiger partial charge in [-0.2, -0.15) is 0 Å². The minimum Gasteiger partial charge on any atom is -0.481 e. The Labute approximate surface area is 102 Å². The van der Waals surface area contributed by atoms with E-state index in [1.54, 1.807) is 4.90 Å². The Balaban J connectivity index is 2.05. The summed E-state index contributed by atoms with van der Waals surface area (Å²) >= 11 is 0.